The molecule has 0 saturated heterocycles. The Bertz CT molecular complexity index is 701. The van der Waals surface area contributed by atoms with Gasteiger partial charge in [0.25, 0.3) is 0 Å². The molecule has 2 atom stereocenters. The lowest BCUT2D eigenvalue weighted by Gasteiger charge is -2.60. The number of hydrogen-bond donors (Lipinski definition) is 1. The van der Waals surface area contributed by atoms with Gasteiger partial charge in [0.05, 0.1) is 5.41 Å². The molecular weight excluding hydrogens is 334 g/mol. The normalized spacial score (nSPS) is 34.7. The van der Waals surface area contributed by atoms with Crippen LogP contribution >= 0.6 is 0 Å². The van der Waals surface area contributed by atoms with Crippen molar-refractivity contribution in [3.05, 3.63) is 5.82 Å². The summed E-state index contributed by atoms with van der Waals surface area (Å²) in [7, 11) is 0. The fraction of sp³-hybridized carbons (Fsp3) is 0.833. The Morgan fingerprint density at radius 1 is 1.27 bits per heavy atom. The highest BCUT2D eigenvalue weighted by Crippen LogP contribution is 2.62. The molecule has 0 unspecified atom stereocenters. The van der Waals surface area contributed by atoms with Gasteiger partial charge in [0.15, 0.2) is 12.4 Å². The lowest BCUT2D eigenvalue weighted by Crippen LogP contribution is -2.64. The highest BCUT2D eigenvalue weighted by atomic mass is 16.5. The van der Waals surface area contributed by atoms with Crippen LogP contribution in [0.5, 0.6) is 0 Å². The van der Waals surface area contributed by atoms with Crippen molar-refractivity contribution in [2.45, 2.75) is 77.5 Å². The topological polar surface area (TPSA) is 99.0 Å². The number of amides is 1. The zero-order valence-corrected chi connectivity index (χ0v) is 15.5. The zero-order chi connectivity index (χ0) is 18.4. The van der Waals surface area contributed by atoms with Crippen LogP contribution in [0, 0.1) is 17.3 Å². The van der Waals surface area contributed by atoms with Gasteiger partial charge in [-0.1, -0.05) is 6.92 Å². The van der Waals surface area contributed by atoms with Gasteiger partial charge in [0.1, 0.15) is 0 Å². The van der Waals surface area contributed by atoms with Gasteiger partial charge in [-0.15, -0.1) is 5.10 Å². The van der Waals surface area contributed by atoms with E-state index in [0.717, 1.165) is 32.1 Å². The summed E-state index contributed by atoms with van der Waals surface area (Å²) in [6, 6.07) is 0. The standard InChI is InChI=1S/C18H27N5O3/c1-3-4-23-15(20-21-22-23)10-26-16(25)17-6-13-5-14(7-17)9-18(8-13,11-17)19-12(2)24/h13-14H,3-11H2,1-2H3,(H,19,24)/t13-,14-,17?,18?/m1/s1. The molecule has 0 aliphatic heterocycles. The molecule has 0 aromatic carbocycles. The number of esters is 1. The average Bonchev–Trinajstić information content (AvgIpc) is 2.97. The molecule has 8 nitrogen and oxygen atoms in total. The van der Waals surface area contributed by atoms with Gasteiger partial charge in [0.2, 0.25) is 5.91 Å². The molecule has 4 fully saturated rings. The van der Waals surface area contributed by atoms with E-state index in [1.807, 2.05) is 6.92 Å². The van der Waals surface area contributed by atoms with Crippen molar-refractivity contribution in [1.29, 1.82) is 0 Å². The van der Waals surface area contributed by atoms with E-state index in [1.54, 1.807) is 11.6 Å². The minimum absolute atomic E-state index is 0.00536. The Balaban J connectivity index is 1.48. The molecule has 4 saturated carbocycles. The molecule has 5 rings (SSSR count). The van der Waals surface area contributed by atoms with Gasteiger partial charge in [-0.2, -0.15) is 0 Å². The number of rotatable bonds is 6. The molecule has 0 radical (unpaired) electrons. The summed E-state index contributed by atoms with van der Waals surface area (Å²) in [6.07, 6.45) is 6.53. The van der Waals surface area contributed by atoms with Crippen LogP contribution in [-0.4, -0.2) is 37.6 Å². The number of nitrogens with one attached hydrogen (secondary N) is 1. The second-order valence-corrected chi connectivity index (χ2v) is 8.60. The Morgan fingerprint density at radius 3 is 2.65 bits per heavy atom. The number of hydrogen-bond acceptors (Lipinski definition) is 6. The largest absolute Gasteiger partial charge is 0.457 e. The van der Waals surface area contributed by atoms with Crippen molar-refractivity contribution in [2.75, 3.05) is 0 Å². The molecule has 142 valence electrons. The SMILES string of the molecule is CCCn1nnnc1COC(=O)C12C[C@H]3C[C@@H](CC(NC(C)=O)(C3)C1)C2. The maximum atomic E-state index is 13.1. The summed E-state index contributed by atoms with van der Waals surface area (Å²) < 4.78 is 7.38. The van der Waals surface area contributed by atoms with Gasteiger partial charge >= 0.3 is 5.97 Å². The molecule has 8 heteroatoms. The number of carbonyl (C=O) groups is 2. The molecular formula is C18H27N5O3. The molecule has 26 heavy (non-hydrogen) atoms. The van der Waals surface area contributed by atoms with E-state index in [9.17, 15) is 9.59 Å². The van der Waals surface area contributed by atoms with Crippen LogP contribution in [0.4, 0.5) is 0 Å². The molecule has 0 spiro atoms. The minimum Gasteiger partial charge on any atom is -0.457 e. The number of nitrogens with zero attached hydrogens (tertiary/aromatic N) is 4. The first-order valence-electron chi connectivity index (χ1n) is 9.65. The summed E-state index contributed by atoms with van der Waals surface area (Å²) >= 11 is 0. The predicted molar refractivity (Wildman–Crippen MR) is 91.6 cm³/mol. The summed E-state index contributed by atoms with van der Waals surface area (Å²) in [5, 5.41) is 14.8. The molecule has 4 bridgehead atoms. The number of aryl methyl sites for hydroxylation is 1. The van der Waals surface area contributed by atoms with Gasteiger partial charge in [-0.25, -0.2) is 4.68 Å². The number of aromatic nitrogens is 4. The van der Waals surface area contributed by atoms with Crippen LogP contribution in [0.2, 0.25) is 0 Å². The van der Waals surface area contributed by atoms with Crippen LogP contribution < -0.4 is 5.32 Å². The maximum Gasteiger partial charge on any atom is 0.312 e. The summed E-state index contributed by atoms with van der Waals surface area (Å²) in [5.41, 5.74) is -0.686. The fourth-order valence-electron chi connectivity index (χ4n) is 6.02. The average molecular weight is 361 g/mol. The lowest BCUT2D eigenvalue weighted by atomic mass is 9.47. The Morgan fingerprint density at radius 2 is 2.00 bits per heavy atom. The quantitative estimate of drug-likeness (QED) is 0.773. The monoisotopic (exact) mass is 361 g/mol. The van der Waals surface area contributed by atoms with Crippen molar-refractivity contribution in [3.8, 4) is 0 Å². The first-order valence-corrected chi connectivity index (χ1v) is 9.65. The van der Waals surface area contributed by atoms with Crippen molar-refractivity contribution in [1.82, 2.24) is 25.5 Å². The van der Waals surface area contributed by atoms with E-state index in [2.05, 4.69) is 20.8 Å². The first-order chi connectivity index (χ1) is 12.4. The highest BCUT2D eigenvalue weighted by molar-refractivity contribution is 5.79. The van der Waals surface area contributed by atoms with E-state index in [-0.39, 0.29) is 24.0 Å². The lowest BCUT2D eigenvalue weighted by molar-refractivity contribution is -0.177. The molecule has 1 N–H and O–H groups in total. The summed E-state index contributed by atoms with van der Waals surface area (Å²) in [6.45, 7) is 4.43. The van der Waals surface area contributed by atoms with Crippen LogP contribution in [0.3, 0.4) is 0 Å². The smallest absolute Gasteiger partial charge is 0.312 e. The van der Waals surface area contributed by atoms with Gasteiger partial charge in [0, 0.05) is 19.0 Å². The number of tetrazole rings is 1. The van der Waals surface area contributed by atoms with Crippen molar-refractivity contribution in [3.63, 3.8) is 0 Å². The Hall–Kier alpha value is -1.99. The molecule has 1 aromatic heterocycles. The second-order valence-electron chi connectivity index (χ2n) is 8.60. The zero-order valence-electron chi connectivity index (χ0n) is 15.5. The first kappa shape index (κ1) is 17.4. The number of ether oxygens (including phenoxy) is 1. The Labute approximate surface area is 153 Å². The van der Waals surface area contributed by atoms with Gasteiger partial charge in [-0.05, 0) is 67.2 Å². The van der Waals surface area contributed by atoms with Crippen molar-refractivity contribution < 1.29 is 14.3 Å². The third-order valence-corrected chi connectivity index (χ3v) is 6.31. The van der Waals surface area contributed by atoms with Crippen LogP contribution in [0.25, 0.3) is 0 Å². The highest BCUT2D eigenvalue weighted by Gasteiger charge is 2.61. The third kappa shape index (κ3) is 2.99. The molecule has 4 aliphatic rings. The van der Waals surface area contributed by atoms with Gasteiger partial charge in [-0.3, -0.25) is 9.59 Å². The third-order valence-electron chi connectivity index (χ3n) is 6.31. The van der Waals surface area contributed by atoms with Crippen LogP contribution in [0.15, 0.2) is 0 Å². The fourth-order valence-corrected chi connectivity index (χ4v) is 6.02. The van der Waals surface area contributed by atoms with E-state index >= 15 is 0 Å². The van der Waals surface area contributed by atoms with E-state index in [4.69, 9.17) is 4.74 Å². The van der Waals surface area contributed by atoms with Gasteiger partial charge < -0.3 is 10.1 Å². The summed E-state index contributed by atoms with van der Waals surface area (Å²) in [4.78, 5) is 24.8. The van der Waals surface area contributed by atoms with Crippen molar-refractivity contribution >= 4 is 11.9 Å². The molecule has 1 heterocycles. The predicted octanol–water partition coefficient (Wildman–Crippen LogP) is 1.60. The molecule has 1 amide bonds. The van der Waals surface area contributed by atoms with Crippen LogP contribution in [0.1, 0.15) is 64.6 Å². The van der Waals surface area contributed by atoms with E-state index < -0.39 is 5.41 Å². The molecule has 1 aromatic rings. The second kappa shape index (κ2) is 6.32. The van der Waals surface area contributed by atoms with E-state index in [1.165, 1.54) is 6.42 Å². The Kier molecular flexibility index (Phi) is 4.23. The van der Waals surface area contributed by atoms with Crippen LogP contribution in [-0.2, 0) is 27.5 Å². The maximum absolute atomic E-state index is 13.1. The minimum atomic E-state index is -0.463. The van der Waals surface area contributed by atoms with E-state index in [0.29, 0.717) is 30.6 Å². The molecule has 4 aliphatic carbocycles. The summed E-state index contributed by atoms with van der Waals surface area (Å²) in [5.74, 6) is 1.44. The van der Waals surface area contributed by atoms with Crippen molar-refractivity contribution in [2.24, 2.45) is 17.3 Å². The number of carbonyl (C=O) groups excluding carboxylic acids is 2.